The number of alkyl halides is 3. The second-order valence-corrected chi connectivity index (χ2v) is 5.04. The zero-order chi connectivity index (χ0) is 17.9. The lowest BCUT2D eigenvalue weighted by atomic mass is 10.2. The smallest absolute Gasteiger partial charge is 0.436 e. The number of aromatic nitrogens is 2. The normalized spacial score (nSPS) is 11.5. The van der Waals surface area contributed by atoms with Gasteiger partial charge in [-0.15, -0.1) is 0 Å². The second kappa shape index (κ2) is 6.80. The summed E-state index contributed by atoms with van der Waals surface area (Å²) >= 11 is 0. The Hall–Kier alpha value is -3.10. The molecule has 0 spiro atoms. The maximum atomic E-state index is 12.4. The van der Waals surface area contributed by atoms with Crippen LogP contribution in [-0.4, -0.2) is 22.4 Å². The molecule has 0 saturated heterocycles. The molecular weight excluding hydrogens is 339 g/mol. The van der Waals surface area contributed by atoms with Gasteiger partial charge in [0.1, 0.15) is 12.0 Å². The maximum absolute atomic E-state index is 12.4. The lowest BCUT2D eigenvalue weighted by molar-refractivity contribution is -0.141. The van der Waals surface area contributed by atoms with E-state index >= 15 is 0 Å². The van der Waals surface area contributed by atoms with E-state index in [0.29, 0.717) is 12.0 Å². The van der Waals surface area contributed by atoms with E-state index in [0.717, 1.165) is 5.56 Å². The number of nitrogens with zero attached hydrogens (tertiary/aromatic N) is 2. The number of carbonyl (C=O) groups excluding carboxylic acids is 1. The summed E-state index contributed by atoms with van der Waals surface area (Å²) in [4.78, 5) is 19.3. The van der Waals surface area contributed by atoms with Crippen molar-refractivity contribution in [2.24, 2.45) is 0 Å². The molecule has 0 aliphatic carbocycles. The molecule has 3 heterocycles. The van der Waals surface area contributed by atoms with Crippen molar-refractivity contribution in [3.8, 4) is 11.3 Å². The third-order valence-electron chi connectivity index (χ3n) is 3.24. The number of carbonyl (C=O) groups is 1. The highest BCUT2D eigenvalue weighted by Crippen LogP contribution is 2.28. The van der Waals surface area contributed by atoms with Gasteiger partial charge >= 0.3 is 6.18 Å². The van der Waals surface area contributed by atoms with Crippen LogP contribution in [0.25, 0.3) is 11.3 Å². The molecule has 0 radical (unpaired) electrons. The highest BCUT2D eigenvalue weighted by atomic mass is 19.4. The van der Waals surface area contributed by atoms with Gasteiger partial charge in [-0.25, -0.2) is 4.98 Å². The fourth-order valence-corrected chi connectivity index (χ4v) is 2.05. The first-order valence-corrected chi connectivity index (χ1v) is 7.23. The van der Waals surface area contributed by atoms with Crippen molar-refractivity contribution >= 4 is 5.91 Å². The summed E-state index contributed by atoms with van der Waals surface area (Å²) in [5.41, 5.74) is -0.373. The average molecular weight is 351 g/mol. The number of rotatable bonds is 5. The summed E-state index contributed by atoms with van der Waals surface area (Å²) in [5, 5.41) is 2.53. The highest BCUT2D eigenvalue weighted by Gasteiger charge is 2.34. The zero-order valence-corrected chi connectivity index (χ0v) is 12.7. The van der Waals surface area contributed by atoms with Gasteiger partial charge in [-0.3, -0.25) is 9.78 Å². The molecule has 1 amide bonds. The van der Waals surface area contributed by atoms with E-state index in [-0.39, 0.29) is 24.6 Å². The Morgan fingerprint density at radius 3 is 2.76 bits per heavy atom. The van der Waals surface area contributed by atoms with Crippen molar-refractivity contribution in [2.75, 3.05) is 6.54 Å². The SMILES string of the molecule is O=C(NCCc1nc(C(F)(F)F)co1)c1ccc(-c2cccnc2)o1. The molecule has 0 unspecified atom stereocenters. The number of hydrogen-bond acceptors (Lipinski definition) is 5. The van der Waals surface area contributed by atoms with Crippen LogP contribution in [0, 0.1) is 0 Å². The number of amides is 1. The van der Waals surface area contributed by atoms with Crippen molar-refractivity contribution in [2.45, 2.75) is 12.6 Å². The number of oxazole rings is 1. The molecule has 3 aromatic heterocycles. The number of furan rings is 1. The summed E-state index contributed by atoms with van der Waals surface area (Å²) in [6, 6.07) is 6.66. The van der Waals surface area contributed by atoms with Gasteiger partial charge in [0.15, 0.2) is 17.3 Å². The molecule has 25 heavy (non-hydrogen) atoms. The van der Waals surface area contributed by atoms with Crippen molar-refractivity contribution in [3.05, 3.63) is 60.3 Å². The van der Waals surface area contributed by atoms with E-state index in [1.54, 1.807) is 30.6 Å². The van der Waals surface area contributed by atoms with Gasteiger partial charge in [0.05, 0.1) is 0 Å². The van der Waals surface area contributed by atoms with Crippen LogP contribution in [-0.2, 0) is 12.6 Å². The Labute approximate surface area is 139 Å². The summed E-state index contributed by atoms with van der Waals surface area (Å²) in [5.74, 6) is -0.0242. The molecule has 0 saturated carbocycles. The first-order valence-electron chi connectivity index (χ1n) is 7.23. The van der Waals surface area contributed by atoms with Crippen LogP contribution in [0.4, 0.5) is 13.2 Å². The van der Waals surface area contributed by atoms with Crippen LogP contribution >= 0.6 is 0 Å². The van der Waals surface area contributed by atoms with Gasteiger partial charge in [-0.05, 0) is 24.3 Å². The van der Waals surface area contributed by atoms with E-state index in [4.69, 9.17) is 8.83 Å². The molecule has 9 heteroatoms. The monoisotopic (exact) mass is 351 g/mol. The van der Waals surface area contributed by atoms with Crippen molar-refractivity contribution in [1.29, 1.82) is 0 Å². The van der Waals surface area contributed by atoms with E-state index in [1.807, 2.05) is 0 Å². The van der Waals surface area contributed by atoms with Crippen molar-refractivity contribution in [1.82, 2.24) is 15.3 Å². The van der Waals surface area contributed by atoms with Crippen LogP contribution in [0.1, 0.15) is 22.1 Å². The first kappa shape index (κ1) is 16.7. The Balaban J connectivity index is 1.55. The average Bonchev–Trinajstić information content (AvgIpc) is 3.25. The van der Waals surface area contributed by atoms with E-state index in [2.05, 4.69) is 15.3 Å². The highest BCUT2D eigenvalue weighted by molar-refractivity contribution is 5.92. The minimum absolute atomic E-state index is 0.0258. The molecule has 0 fully saturated rings. The molecule has 0 aliphatic heterocycles. The molecule has 0 aromatic carbocycles. The van der Waals surface area contributed by atoms with Gasteiger partial charge in [-0.2, -0.15) is 13.2 Å². The molecule has 3 aromatic rings. The summed E-state index contributed by atoms with van der Waals surface area (Å²) < 4.78 is 47.4. The number of halogens is 3. The van der Waals surface area contributed by atoms with Crippen LogP contribution in [0.2, 0.25) is 0 Å². The van der Waals surface area contributed by atoms with Gasteiger partial charge in [-0.1, -0.05) is 0 Å². The lowest BCUT2D eigenvalue weighted by Gasteiger charge is -2.01. The molecule has 3 rings (SSSR count). The molecule has 0 atom stereocenters. The Morgan fingerprint density at radius 1 is 1.24 bits per heavy atom. The van der Waals surface area contributed by atoms with Crippen LogP contribution in [0.15, 0.2) is 51.8 Å². The molecule has 0 aliphatic rings. The molecule has 6 nitrogen and oxygen atoms in total. The fourth-order valence-electron chi connectivity index (χ4n) is 2.05. The lowest BCUT2D eigenvalue weighted by Crippen LogP contribution is -2.25. The molecule has 1 N–H and O–H groups in total. The van der Waals surface area contributed by atoms with Gasteiger partial charge < -0.3 is 14.2 Å². The first-order chi connectivity index (χ1) is 11.9. The number of hydrogen-bond donors (Lipinski definition) is 1. The predicted molar refractivity (Wildman–Crippen MR) is 79.5 cm³/mol. The zero-order valence-electron chi connectivity index (χ0n) is 12.7. The molecule has 0 bridgehead atoms. The minimum atomic E-state index is -4.55. The quantitative estimate of drug-likeness (QED) is 0.763. The molecule has 130 valence electrons. The van der Waals surface area contributed by atoms with E-state index in [9.17, 15) is 18.0 Å². The van der Waals surface area contributed by atoms with Crippen molar-refractivity contribution < 1.29 is 26.8 Å². The summed E-state index contributed by atoms with van der Waals surface area (Å²) in [7, 11) is 0. The van der Waals surface area contributed by atoms with Crippen molar-refractivity contribution in [3.63, 3.8) is 0 Å². The van der Waals surface area contributed by atoms with Crippen LogP contribution < -0.4 is 5.32 Å². The van der Waals surface area contributed by atoms with Gasteiger partial charge in [0.25, 0.3) is 5.91 Å². The van der Waals surface area contributed by atoms with Gasteiger partial charge in [0.2, 0.25) is 0 Å². The number of pyridine rings is 1. The standard InChI is InChI=1S/C16H12F3N3O3/c17-16(18,19)13-9-24-14(22-13)5-7-21-15(23)12-4-3-11(25-12)10-2-1-6-20-8-10/h1-4,6,8-9H,5,7H2,(H,21,23). The molecular formula is C16H12F3N3O3. The summed E-state index contributed by atoms with van der Waals surface area (Å²) in [6.07, 6.45) is -0.766. The minimum Gasteiger partial charge on any atom is -0.451 e. The van der Waals surface area contributed by atoms with Crippen LogP contribution in [0.3, 0.4) is 0 Å². The van der Waals surface area contributed by atoms with E-state index < -0.39 is 17.8 Å². The topological polar surface area (TPSA) is 81.2 Å². The van der Waals surface area contributed by atoms with Crippen LogP contribution in [0.5, 0.6) is 0 Å². The summed E-state index contributed by atoms with van der Waals surface area (Å²) in [6.45, 7) is 0.0551. The largest absolute Gasteiger partial charge is 0.451 e. The third-order valence-corrected chi connectivity index (χ3v) is 3.24. The second-order valence-electron chi connectivity index (χ2n) is 5.04. The Kier molecular flexibility index (Phi) is 4.55. The Morgan fingerprint density at radius 2 is 2.08 bits per heavy atom. The number of nitrogens with one attached hydrogen (secondary N) is 1. The predicted octanol–water partition coefficient (Wildman–Crippen LogP) is 3.32. The van der Waals surface area contributed by atoms with Gasteiger partial charge in [0, 0.05) is 30.9 Å². The van der Waals surface area contributed by atoms with E-state index in [1.165, 1.54) is 6.07 Å². The Bertz CT molecular complexity index is 856. The fraction of sp³-hybridized carbons (Fsp3) is 0.188. The maximum Gasteiger partial charge on any atom is 0.436 e. The third kappa shape index (κ3) is 4.06.